The van der Waals surface area contributed by atoms with Crippen LogP contribution in [-0.2, 0) is 11.3 Å². The zero-order valence-electron chi connectivity index (χ0n) is 14.9. The Morgan fingerprint density at radius 2 is 2.27 bits per heavy atom. The monoisotopic (exact) mass is 354 g/mol. The Kier molecular flexibility index (Phi) is 4.12. The number of imidazole rings is 1. The van der Waals surface area contributed by atoms with Gasteiger partial charge < -0.3 is 19.8 Å². The van der Waals surface area contributed by atoms with Crippen LogP contribution in [0.25, 0.3) is 5.65 Å². The van der Waals surface area contributed by atoms with Gasteiger partial charge in [0.05, 0.1) is 24.3 Å². The van der Waals surface area contributed by atoms with Crippen molar-refractivity contribution in [3.8, 4) is 0 Å². The van der Waals surface area contributed by atoms with Gasteiger partial charge in [-0.15, -0.1) is 0 Å². The molecule has 8 nitrogen and oxygen atoms in total. The van der Waals surface area contributed by atoms with Gasteiger partial charge in [-0.1, -0.05) is 0 Å². The maximum Gasteiger partial charge on any atom is 0.258 e. The molecule has 1 aliphatic heterocycles. The number of anilines is 1. The predicted octanol–water partition coefficient (Wildman–Crippen LogP) is 1.35. The lowest BCUT2D eigenvalue weighted by atomic mass is 10.1. The van der Waals surface area contributed by atoms with Crippen molar-refractivity contribution in [3.05, 3.63) is 48.0 Å². The molecule has 0 aliphatic carbocycles. The summed E-state index contributed by atoms with van der Waals surface area (Å²) >= 11 is 0. The number of pyridine rings is 1. The molecular formula is C18H22N6O2. The number of likely N-dealkylation sites (tertiary alicyclic amines) is 1. The van der Waals surface area contributed by atoms with Crippen LogP contribution in [0.1, 0.15) is 22.3 Å². The van der Waals surface area contributed by atoms with Crippen LogP contribution in [0, 0.1) is 6.92 Å². The van der Waals surface area contributed by atoms with Gasteiger partial charge >= 0.3 is 0 Å². The molecule has 0 bridgehead atoms. The lowest BCUT2D eigenvalue weighted by molar-refractivity contribution is 0.0680. The second kappa shape index (κ2) is 6.45. The number of aromatic nitrogens is 4. The summed E-state index contributed by atoms with van der Waals surface area (Å²) in [5.41, 5.74) is 8.00. The fourth-order valence-electron chi connectivity index (χ4n) is 3.65. The fraction of sp³-hybridized carbons (Fsp3) is 0.389. The molecule has 4 rings (SSSR count). The van der Waals surface area contributed by atoms with Crippen molar-refractivity contribution >= 4 is 17.4 Å². The maximum absolute atomic E-state index is 13.3. The maximum atomic E-state index is 13.3. The number of rotatable bonds is 4. The van der Waals surface area contributed by atoms with Crippen LogP contribution in [0.3, 0.4) is 0 Å². The molecule has 0 spiro atoms. The van der Waals surface area contributed by atoms with E-state index in [4.69, 9.17) is 10.5 Å². The van der Waals surface area contributed by atoms with Gasteiger partial charge in [0.15, 0.2) is 0 Å². The van der Waals surface area contributed by atoms with Crippen molar-refractivity contribution in [2.45, 2.75) is 32.0 Å². The third-order valence-corrected chi connectivity index (χ3v) is 4.88. The normalized spacial score (nSPS) is 20.2. The van der Waals surface area contributed by atoms with Crippen LogP contribution in [0.2, 0.25) is 0 Å². The summed E-state index contributed by atoms with van der Waals surface area (Å²) in [6.45, 7) is 3.11. The number of nitrogens with zero attached hydrogens (tertiary/aromatic N) is 5. The predicted molar refractivity (Wildman–Crippen MR) is 96.8 cm³/mol. The number of nitrogen functional groups attached to an aromatic ring is 1. The molecule has 1 fully saturated rings. The van der Waals surface area contributed by atoms with Crippen molar-refractivity contribution in [3.63, 3.8) is 0 Å². The first kappa shape index (κ1) is 16.6. The zero-order valence-corrected chi connectivity index (χ0v) is 14.9. The Balaban J connectivity index is 1.66. The number of ether oxygens (including phenoxy) is 1. The van der Waals surface area contributed by atoms with E-state index in [0.29, 0.717) is 30.1 Å². The molecule has 4 heterocycles. The Morgan fingerprint density at radius 1 is 1.42 bits per heavy atom. The summed E-state index contributed by atoms with van der Waals surface area (Å²) in [5.74, 6) is 0.441. The lowest BCUT2D eigenvalue weighted by Crippen LogP contribution is -2.38. The van der Waals surface area contributed by atoms with Crippen LogP contribution in [0.4, 0.5) is 5.82 Å². The second-order valence-electron chi connectivity index (χ2n) is 6.76. The number of hydrogen-bond acceptors (Lipinski definition) is 5. The molecule has 0 unspecified atom stereocenters. The smallest absolute Gasteiger partial charge is 0.258 e. The molecule has 2 N–H and O–H groups in total. The molecule has 3 aromatic heterocycles. The van der Waals surface area contributed by atoms with E-state index < -0.39 is 0 Å². The Labute approximate surface area is 151 Å². The molecule has 136 valence electrons. The first-order valence-electron chi connectivity index (χ1n) is 8.61. The average molecular weight is 354 g/mol. The van der Waals surface area contributed by atoms with Crippen molar-refractivity contribution in [2.24, 2.45) is 0 Å². The molecule has 0 radical (unpaired) electrons. The van der Waals surface area contributed by atoms with Gasteiger partial charge in [-0.05, 0) is 31.0 Å². The minimum atomic E-state index is -0.0328. The van der Waals surface area contributed by atoms with E-state index >= 15 is 0 Å². The standard InChI is InChI=1S/C18H22N6O2/c1-12-7-15(17-20-4-6-22(17)9-12)18(25)24-11-14(26-2)8-13(24)10-23-5-3-16(19)21-23/h3-7,9,13-14H,8,10-11H2,1-2H3,(H2,19,21)/t13-,14-/m0/s1. The SMILES string of the molecule is CO[C@H]1C[C@@H](Cn2ccc(N)n2)N(C(=O)c2cc(C)cn3ccnc23)C1. The first-order chi connectivity index (χ1) is 12.5. The molecule has 0 saturated carbocycles. The fourth-order valence-corrected chi connectivity index (χ4v) is 3.65. The number of aryl methyl sites for hydroxylation is 1. The van der Waals surface area contributed by atoms with Gasteiger partial charge in [-0.2, -0.15) is 5.10 Å². The van der Waals surface area contributed by atoms with Crippen LogP contribution in [0.5, 0.6) is 0 Å². The van der Waals surface area contributed by atoms with Gasteiger partial charge in [0.25, 0.3) is 5.91 Å². The van der Waals surface area contributed by atoms with E-state index in [1.54, 1.807) is 24.1 Å². The van der Waals surface area contributed by atoms with Gasteiger partial charge in [0.2, 0.25) is 0 Å². The topological polar surface area (TPSA) is 90.7 Å². The highest BCUT2D eigenvalue weighted by molar-refractivity contribution is 6.00. The highest BCUT2D eigenvalue weighted by Gasteiger charge is 2.37. The van der Waals surface area contributed by atoms with Crippen LogP contribution >= 0.6 is 0 Å². The Bertz CT molecular complexity index is 946. The summed E-state index contributed by atoms with van der Waals surface area (Å²) in [5, 5.41) is 4.25. The molecule has 1 saturated heterocycles. The molecular weight excluding hydrogens is 332 g/mol. The molecule has 26 heavy (non-hydrogen) atoms. The molecule has 0 aromatic carbocycles. The van der Waals surface area contributed by atoms with Crippen molar-refractivity contribution in [1.82, 2.24) is 24.1 Å². The number of amides is 1. The van der Waals surface area contributed by atoms with Gasteiger partial charge in [0.1, 0.15) is 11.5 Å². The van der Waals surface area contributed by atoms with E-state index in [1.807, 2.05) is 40.9 Å². The highest BCUT2D eigenvalue weighted by atomic mass is 16.5. The van der Waals surface area contributed by atoms with E-state index in [-0.39, 0.29) is 18.1 Å². The third-order valence-electron chi connectivity index (χ3n) is 4.88. The number of nitrogens with two attached hydrogens (primary N) is 1. The number of carbonyl (C=O) groups is 1. The summed E-state index contributed by atoms with van der Waals surface area (Å²) in [7, 11) is 1.68. The molecule has 1 aliphatic rings. The molecule has 3 aromatic rings. The number of carbonyl (C=O) groups excluding carboxylic acids is 1. The van der Waals surface area contributed by atoms with Gasteiger partial charge in [0, 0.05) is 38.4 Å². The number of methoxy groups -OCH3 is 1. The third kappa shape index (κ3) is 2.92. The Hall–Kier alpha value is -2.87. The number of hydrogen-bond donors (Lipinski definition) is 1. The zero-order chi connectivity index (χ0) is 18.3. The summed E-state index contributed by atoms with van der Waals surface area (Å²) in [6.07, 6.45) is 8.13. The van der Waals surface area contributed by atoms with E-state index in [0.717, 1.165) is 12.0 Å². The largest absolute Gasteiger partial charge is 0.382 e. The van der Waals surface area contributed by atoms with Crippen LogP contribution < -0.4 is 5.73 Å². The summed E-state index contributed by atoms with van der Waals surface area (Å²) in [4.78, 5) is 19.6. The molecule has 1 amide bonds. The summed E-state index contributed by atoms with van der Waals surface area (Å²) < 4.78 is 9.19. The lowest BCUT2D eigenvalue weighted by Gasteiger charge is -2.24. The van der Waals surface area contributed by atoms with E-state index in [2.05, 4.69) is 10.1 Å². The van der Waals surface area contributed by atoms with E-state index in [9.17, 15) is 4.79 Å². The molecule has 8 heteroatoms. The molecule has 2 atom stereocenters. The van der Waals surface area contributed by atoms with Gasteiger partial charge in [-0.25, -0.2) is 4.98 Å². The van der Waals surface area contributed by atoms with Crippen LogP contribution in [-0.4, -0.2) is 55.8 Å². The number of fused-ring (bicyclic) bond motifs is 1. The minimum absolute atomic E-state index is 0.0115. The first-order valence-corrected chi connectivity index (χ1v) is 8.61. The van der Waals surface area contributed by atoms with Gasteiger partial charge in [-0.3, -0.25) is 9.48 Å². The quantitative estimate of drug-likeness (QED) is 0.764. The Morgan fingerprint density at radius 3 is 3.00 bits per heavy atom. The highest BCUT2D eigenvalue weighted by Crippen LogP contribution is 2.25. The van der Waals surface area contributed by atoms with Crippen molar-refractivity contribution in [1.29, 1.82) is 0 Å². The van der Waals surface area contributed by atoms with Crippen molar-refractivity contribution in [2.75, 3.05) is 19.4 Å². The van der Waals surface area contributed by atoms with Crippen LogP contribution in [0.15, 0.2) is 36.9 Å². The van der Waals surface area contributed by atoms with Crippen molar-refractivity contribution < 1.29 is 9.53 Å². The summed E-state index contributed by atoms with van der Waals surface area (Å²) in [6, 6.07) is 3.64. The minimum Gasteiger partial charge on any atom is -0.382 e. The average Bonchev–Trinajstić information content (AvgIpc) is 3.33. The second-order valence-corrected chi connectivity index (χ2v) is 6.76. The van der Waals surface area contributed by atoms with E-state index in [1.165, 1.54) is 0 Å².